The van der Waals surface area contributed by atoms with Crippen LogP contribution < -0.4 is 16.2 Å². The van der Waals surface area contributed by atoms with Crippen molar-refractivity contribution in [2.24, 2.45) is 0 Å². The van der Waals surface area contributed by atoms with Gasteiger partial charge in [0.2, 0.25) is 5.91 Å². The van der Waals surface area contributed by atoms with Gasteiger partial charge in [-0.25, -0.2) is 0 Å². The van der Waals surface area contributed by atoms with Gasteiger partial charge in [-0.15, -0.1) is 6.58 Å². The van der Waals surface area contributed by atoms with Crippen molar-refractivity contribution in [3.8, 4) is 0 Å². The lowest BCUT2D eigenvalue weighted by Gasteiger charge is -2.12. The molecule has 0 fully saturated rings. The molecule has 0 heterocycles. The van der Waals surface area contributed by atoms with E-state index in [0.29, 0.717) is 18.1 Å². The topological polar surface area (TPSA) is 73.4 Å². The smallest absolute Gasteiger partial charge is 0.238 e. The number of unbranched alkanes of at least 4 members (excludes halogenated alkanes) is 2. The predicted molar refractivity (Wildman–Crippen MR) is 81.5 cm³/mol. The normalized spacial score (nSPS) is 11.5. The van der Waals surface area contributed by atoms with Crippen molar-refractivity contribution in [1.82, 2.24) is 16.2 Å². The summed E-state index contributed by atoms with van der Waals surface area (Å²) in [5.74, 6) is -0.183. The molecule has 0 saturated carbocycles. The van der Waals surface area contributed by atoms with E-state index in [-0.39, 0.29) is 12.3 Å². The lowest BCUT2D eigenvalue weighted by Crippen LogP contribution is -2.46. The van der Waals surface area contributed by atoms with Crippen LogP contribution in [0.3, 0.4) is 0 Å². The van der Waals surface area contributed by atoms with Crippen LogP contribution in [0.2, 0.25) is 0 Å². The molecule has 0 unspecified atom stereocenters. The molecule has 0 rings (SSSR count). The van der Waals surface area contributed by atoms with Crippen molar-refractivity contribution in [3.05, 3.63) is 12.7 Å². The molecule has 0 bridgehead atoms. The van der Waals surface area contributed by atoms with Gasteiger partial charge in [-0.1, -0.05) is 32.3 Å². The number of thiocarbonyl (C=S) groups is 1. The molecule has 1 atom stereocenters. The first-order chi connectivity index (χ1) is 9.10. The zero-order valence-corrected chi connectivity index (χ0v) is 12.4. The summed E-state index contributed by atoms with van der Waals surface area (Å²) < 4.78 is 0. The Morgan fingerprint density at radius 1 is 1.37 bits per heavy atom. The molecule has 0 aromatic carbocycles. The summed E-state index contributed by atoms with van der Waals surface area (Å²) in [5, 5.41) is 12.8. The summed E-state index contributed by atoms with van der Waals surface area (Å²) in [6, 6.07) is 0. The highest BCUT2D eigenvalue weighted by Crippen LogP contribution is 2.07. The number of rotatable bonds is 9. The van der Waals surface area contributed by atoms with E-state index in [1.54, 1.807) is 6.08 Å². The molecule has 4 N–H and O–H groups in total. The minimum atomic E-state index is -0.400. The van der Waals surface area contributed by atoms with Crippen molar-refractivity contribution in [2.75, 3.05) is 6.54 Å². The number of aliphatic hydroxyl groups excluding tert-OH is 1. The third-order valence-electron chi connectivity index (χ3n) is 2.57. The lowest BCUT2D eigenvalue weighted by molar-refractivity contribution is -0.122. The fraction of sp³-hybridized carbons (Fsp3) is 0.692. The Labute approximate surface area is 120 Å². The molecule has 19 heavy (non-hydrogen) atoms. The third kappa shape index (κ3) is 11.7. The van der Waals surface area contributed by atoms with Crippen molar-refractivity contribution < 1.29 is 9.90 Å². The summed E-state index contributed by atoms with van der Waals surface area (Å²) >= 11 is 4.91. The Morgan fingerprint density at radius 3 is 2.74 bits per heavy atom. The molecule has 0 aromatic rings. The molecule has 0 radical (unpaired) electrons. The van der Waals surface area contributed by atoms with Crippen LogP contribution in [0.15, 0.2) is 12.7 Å². The molecule has 110 valence electrons. The van der Waals surface area contributed by atoms with Crippen LogP contribution in [0.1, 0.15) is 45.4 Å². The highest BCUT2D eigenvalue weighted by molar-refractivity contribution is 7.80. The van der Waals surface area contributed by atoms with E-state index in [0.717, 1.165) is 25.7 Å². The lowest BCUT2D eigenvalue weighted by atomic mass is 10.1. The molecule has 0 saturated heterocycles. The zero-order chi connectivity index (χ0) is 14.5. The first kappa shape index (κ1) is 17.9. The first-order valence-electron chi connectivity index (χ1n) is 6.71. The van der Waals surface area contributed by atoms with Gasteiger partial charge in [0, 0.05) is 13.0 Å². The largest absolute Gasteiger partial charge is 0.393 e. The minimum Gasteiger partial charge on any atom is -0.393 e. The van der Waals surface area contributed by atoms with Crippen molar-refractivity contribution in [2.45, 2.75) is 51.6 Å². The number of hydrazine groups is 1. The van der Waals surface area contributed by atoms with Gasteiger partial charge < -0.3 is 10.4 Å². The van der Waals surface area contributed by atoms with E-state index in [1.807, 2.05) is 0 Å². The maximum atomic E-state index is 11.5. The van der Waals surface area contributed by atoms with Crippen LogP contribution >= 0.6 is 12.2 Å². The Morgan fingerprint density at radius 2 is 2.11 bits per heavy atom. The second-order valence-corrected chi connectivity index (χ2v) is 4.77. The first-order valence-corrected chi connectivity index (χ1v) is 7.12. The highest BCUT2D eigenvalue weighted by Gasteiger charge is 2.08. The molecular weight excluding hydrogens is 262 g/mol. The third-order valence-corrected chi connectivity index (χ3v) is 2.81. The summed E-state index contributed by atoms with van der Waals surface area (Å²) in [6.45, 7) is 6.20. The van der Waals surface area contributed by atoms with Gasteiger partial charge in [-0.2, -0.15) is 0 Å². The zero-order valence-electron chi connectivity index (χ0n) is 11.6. The van der Waals surface area contributed by atoms with Crippen LogP contribution in [0.5, 0.6) is 0 Å². The molecule has 0 aliphatic carbocycles. The fourth-order valence-corrected chi connectivity index (χ4v) is 1.60. The fourth-order valence-electron chi connectivity index (χ4n) is 1.47. The van der Waals surface area contributed by atoms with E-state index in [9.17, 15) is 9.90 Å². The molecule has 6 heteroatoms. The van der Waals surface area contributed by atoms with Gasteiger partial charge in [-0.05, 0) is 25.1 Å². The van der Waals surface area contributed by atoms with Crippen LogP contribution in [0, 0.1) is 0 Å². The van der Waals surface area contributed by atoms with Crippen LogP contribution in [-0.2, 0) is 4.79 Å². The van der Waals surface area contributed by atoms with E-state index >= 15 is 0 Å². The Balaban J connectivity index is 3.57. The van der Waals surface area contributed by atoms with Crippen LogP contribution in [-0.4, -0.2) is 28.8 Å². The molecule has 0 aliphatic heterocycles. The van der Waals surface area contributed by atoms with Crippen molar-refractivity contribution in [1.29, 1.82) is 0 Å². The Kier molecular flexibility index (Phi) is 11.2. The molecule has 0 aliphatic rings. The van der Waals surface area contributed by atoms with Gasteiger partial charge in [0.1, 0.15) is 0 Å². The number of hydrogen-bond acceptors (Lipinski definition) is 3. The second-order valence-electron chi connectivity index (χ2n) is 4.36. The summed E-state index contributed by atoms with van der Waals surface area (Å²) in [6.07, 6.45) is 6.04. The molecule has 0 aromatic heterocycles. The van der Waals surface area contributed by atoms with Gasteiger partial charge in [0.05, 0.1) is 6.10 Å². The summed E-state index contributed by atoms with van der Waals surface area (Å²) in [5.41, 5.74) is 5.06. The Hall–Kier alpha value is -1.14. The number of amides is 1. The Bertz CT molecular complexity index is 285. The average Bonchev–Trinajstić information content (AvgIpc) is 2.40. The molecule has 1 amide bonds. The quantitative estimate of drug-likeness (QED) is 0.223. The van der Waals surface area contributed by atoms with Crippen molar-refractivity contribution >= 4 is 23.2 Å². The van der Waals surface area contributed by atoms with Gasteiger partial charge >= 0.3 is 0 Å². The SMILES string of the molecule is C=CCNC(=S)NNC(=O)CC[C@H](O)CCCCC. The molecule has 0 spiro atoms. The monoisotopic (exact) mass is 287 g/mol. The summed E-state index contributed by atoms with van der Waals surface area (Å²) in [4.78, 5) is 11.5. The van der Waals surface area contributed by atoms with E-state index < -0.39 is 6.10 Å². The van der Waals surface area contributed by atoms with Crippen LogP contribution in [0.25, 0.3) is 0 Å². The predicted octanol–water partition coefficient (Wildman–Crippen LogP) is 1.39. The second kappa shape index (κ2) is 11.9. The number of hydrogen-bond donors (Lipinski definition) is 4. The van der Waals surface area contributed by atoms with Gasteiger partial charge in [-0.3, -0.25) is 15.6 Å². The molecule has 5 nitrogen and oxygen atoms in total. The minimum absolute atomic E-state index is 0.183. The maximum absolute atomic E-state index is 11.5. The van der Waals surface area contributed by atoms with Gasteiger partial charge in [0.25, 0.3) is 0 Å². The van der Waals surface area contributed by atoms with E-state index in [2.05, 4.69) is 29.7 Å². The number of carbonyl (C=O) groups excluding carboxylic acids is 1. The van der Waals surface area contributed by atoms with Gasteiger partial charge in [0.15, 0.2) is 5.11 Å². The summed E-state index contributed by atoms with van der Waals surface area (Å²) in [7, 11) is 0. The maximum Gasteiger partial charge on any atom is 0.238 e. The number of carbonyl (C=O) groups is 1. The van der Waals surface area contributed by atoms with Crippen LogP contribution in [0.4, 0.5) is 0 Å². The average molecular weight is 287 g/mol. The van der Waals surface area contributed by atoms with Crippen molar-refractivity contribution in [3.63, 3.8) is 0 Å². The number of nitrogens with one attached hydrogen (secondary N) is 3. The van der Waals surface area contributed by atoms with E-state index in [4.69, 9.17) is 12.2 Å². The standard InChI is InChI=1S/C13H25N3O2S/c1-3-5-6-7-11(17)8-9-12(18)15-16-13(19)14-10-4-2/h4,11,17H,2-3,5-10H2,1H3,(H,15,18)(H2,14,16,19)/t11-/m1/s1. The number of aliphatic hydroxyl groups is 1. The van der Waals surface area contributed by atoms with E-state index in [1.165, 1.54) is 0 Å². The molecular formula is C13H25N3O2S. The highest BCUT2D eigenvalue weighted by atomic mass is 32.1.